The van der Waals surface area contributed by atoms with Crippen molar-refractivity contribution in [1.29, 1.82) is 0 Å². The maximum Gasteiger partial charge on any atom is 0.242 e. The molecule has 0 bridgehead atoms. The van der Waals surface area contributed by atoms with Crippen molar-refractivity contribution in [3.63, 3.8) is 0 Å². The van der Waals surface area contributed by atoms with Crippen LogP contribution in [0.15, 0.2) is 40.6 Å². The molecule has 0 aliphatic heterocycles. The second-order valence-electron chi connectivity index (χ2n) is 4.41. The first-order valence-electron chi connectivity index (χ1n) is 6.40. The molecule has 0 amide bonds. The van der Waals surface area contributed by atoms with Gasteiger partial charge < -0.3 is 5.73 Å². The first-order chi connectivity index (χ1) is 9.56. The Morgan fingerprint density at radius 3 is 2.40 bits per heavy atom. The predicted octanol–water partition coefficient (Wildman–Crippen LogP) is 2.25. The van der Waals surface area contributed by atoms with Gasteiger partial charge in [0.1, 0.15) is 0 Å². The summed E-state index contributed by atoms with van der Waals surface area (Å²) in [6.07, 6.45) is 0.973. The fraction of sp³-hybridized carbons (Fsp3) is 0.286. The number of hydrogen-bond acceptors (Lipinski definition) is 4. The van der Waals surface area contributed by atoms with Crippen LogP contribution in [0, 0.1) is 0 Å². The molecule has 0 radical (unpaired) electrons. The van der Waals surface area contributed by atoms with E-state index in [1.54, 1.807) is 11.4 Å². The van der Waals surface area contributed by atoms with Gasteiger partial charge in [0.2, 0.25) is 10.0 Å². The highest BCUT2D eigenvalue weighted by molar-refractivity contribution is 7.89. The van der Waals surface area contributed by atoms with Gasteiger partial charge in [-0.15, -0.1) is 11.3 Å². The topological polar surface area (TPSA) is 72.2 Å². The number of nitrogens with one attached hydrogen (secondary N) is 1. The van der Waals surface area contributed by atoms with Crippen LogP contribution < -0.4 is 10.5 Å². The summed E-state index contributed by atoms with van der Waals surface area (Å²) < 4.78 is 27.0. The summed E-state index contributed by atoms with van der Waals surface area (Å²) in [5.41, 5.74) is 7.73. The minimum atomic E-state index is -3.49. The lowest BCUT2D eigenvalue weighted by molar-refractivity contribution is 0.580. The molecule has 2 aromatic rings. The zero-order chi connectivity index (χ0) is 14.6. The summed E-state index contributed by atoms with van der Waals surface area (Å²) in [6, 6.07) is 9.51. The lowest BCUT2D eigenvalue weighted by atomic mass is 10.1. The fourth-order valence-corrected chi connectivity index (χ4v) is 4.22. The maximum atomic E-state index is 12.2. The molecule has 0 aliphatic rings. The van der Waals surface area contributed by atoms with Crippen LogP contribution in [0.1, 0.15) is 22.9 Å². The normalized spacial score (nSPS) is 11.7. The molecule has 0 fully saturated rings. The van der Waals surface area contributed by atoms with E-state index in [-0.39, 0.29) is 18.0 Å². The van der Waals surface area contributed by atoms with Gasteiger partial charge in [0, 0.05) is 18.0 Å². The minimum absolute atomic E-state index is 0.235. The van der Waals surface area contributed by atoms with Gasteiger partial charge in [0.25, 0.3) is 0 Å². The van der Waals surface area contributed by atoms with Gasteiger partial charge in [-0.05, 0) is 29.0 Å². The molecule has 3 N–H and O–H groups in total. The van der Waals surface area contributed by atoms with Gasteiger partial charge in [0.05, 0.1) is 4.90 Å². The Kier molecular flexibility index (Phi) is 4.93. The van der Waals surface area contributed by atoms with Crippen molar-refractivity contribution in [3.05, 3.63) is 51.7 Å². The molecule has 4 nitrogen and oxygen atoms in total. The lowest BCUT2D eigenvalue weighted by Gasteiger charge is -2.07. The number of benzene rings is 1. The lowest BCUT2D eigenvalue weighted by Crippen LogP contribution is -2.24. The molecule has 1 aromatic heterocycles. The molecule has 1 aromatic carbocycles. The Bertz CT molecular complexity index is 661. The van der Waals surface area contributed by atoms with Crippen LogP contribution in [0.5, 0.6) is 0 Å². The molecule has 0 spiro atoms. The number of rotatable bonds is 6. The molecule has 0 saturated heterocycles. The smallest absolute Gasteiger partial charge is 0.242 e. The summed E-state index contributed by atoms with van der Waals surface area (Å²) in [4.78, 5) is 0.967. The van der Waals surface area contributed by atoms with E-state index in [0.717, 1.165) is 12.0 Å². The largest absolute Gasteiger partial charge is 0.326 e. The molecule has 20 heavy (non-hydrogen) atoms. The number of thiophene rings is 1. The Balaban J connectivity index is 2.09. The molecule has 6 heteroatoms. The van der Waals surface area contributed by atoms with E-state index < -0.39 is 10.0 Å². The van der Waals surface area contributed by atoms with Crippen molar-refractivity contribution in [2.75, 3.05) is 0 Å². The second-order valence-corrected chi connectivity index (χ2v) is 7.14. The summed E-state index contributed by atoms with van der Waals surface area (Å²) >= 11 is 1.36. The second kappa shape index (κ2) is 6.49. The number of sulfonamides is 1. The Labute approximate surface area is 123 Å². The van der Waals surface area contributed by atoms with E-state index in [2.05, 4.69) is 11.6 Å². The van der Waals surface area contributed by atoms with Crippen LogP contribution in [-0.2, 0) is 29.5 Å². The third-order valence-corrected chi connectivity index (χ3v) is 5.64. The molecule has 0 aliphatic carbocycles. The average molecular weight is 310 g/mol. The van der Waals surface area contributed by atoms with Crippen LogP contribution in [0.4, 0.5) is 0 Å². The molecule has 108 valence electrons. The van der Waals surface area contributed by atoms with Crippen LogP contribution in [0.25, 0.3) is 0 Å². The van der Waals surface area contributed by atoms with Crippen LogP contribution in [0.3, 0.4) is 0 Å². The van der Waals surface area contributed by atoms with E-state index >= 15 is 0 Å². The zero-order valence-corrected chi connectivity index (χ0v) is 12.9. The highest BCUT2D eigenvalue weighted by Crippen LogP contribution is 2.21. The molecule has 2 rings (SSSR count). The number of hydrogen-bond donors (Lipinski definition) is 2. The monoisotopic (exact) mass is 310 g/mol. The SMILES string of the molecule is CCc1ccc(CNS(=O)(=O)c2ccsc2CN)cc1. The standard InChI is InChI=1S/C14H18N2O2S2/c1-2-11-3-5-12(6-4-11)10-16-20(17,18)14-7-8-19-13(14)9-15/h3-8,16H,2,9-10,15H2,1H3. The number of nitrogens with two attached hydrogens (primary N) is 1. The maximum absolute atomic E-state index is 12.2. The average Bonchev–Trinajstić information content (AvgIpc) is 2.95. The van der Waals surface area contributed by atoms with Crippen molar-refractivity contribution in [3.8, 4) is 0 Å². The Hall–Kier alpha value is -1.21. The Morgan fingerprint density at radius 2 is 1.80 bits per heavy atom. The highest BCUT2D eigenvalue weighted by Gasteiger charge is 2.18. The van der Waals surface area contributed by atoms with Gasteiger partial charge in [-0.1, -0.05) is 31.2 Å². The summed E-state index contributed by atoms with van der Waals surface area (Å²) in [7, 11) is -3.49. The van der Waals surface area contributed by atoms with E-state index in [1.807, 2.05) is 24.3 Å². The van der Waals surface area contributed by atoms with Gasteiger partial charge in [-0.2, -0.15) is 0 Å². The summed E-state index contributed by atoms with van der Waals surface area (Å²) in [5.74, 6) is 0. The van der Waals surface area contributed by atoms with Crippen molar-refractivity contribution in [2.24, 2.45) is 5.73 Å². The summed E-state index contributed by atoms with van der Waals surface area (Å²) in [5, 5.41) is 1.74. The van der Waals surface area contributed by atoms with Crippen LogP contribution >= 0.6 is 11.3 Å². The highest BCUT2D eigenvalue weighted by atomic mass is 32.2. The third-order valence-electron chi connectivity index (χ3n) is 3.08. The van der Waals surface area contributed by atoms with Crippen molar-refractivity contribution in [2.45, 2.75) is 31.3 Å². The molecule has 1 heterocycles. The van der Waals surface area contributed by atoms with E-state index in [4.69, 9.17) is 5.73 Å². The van der Waals surface area contributed by atoms with Crippen molar-refractivity contribution < 1.29 is 8.42 Å². The van der Waals surface area contributed by atoms with E-state index in [1.165, 1.54) is 16.9 Å². The minimum Gasteiger partial charge on any atom is -0.326 e. The molecule has 0 saturated carbocycles. The first kappa shape index (κ1) is 15.2. The molecular formula is C14H18N2O2S2. The van der Waals surface area contributed by atoms with Crippen LogP contribution in [-0.4, -0.2) is 8.42 Å². The zero-order valence-electron chi connectivity index (χ0n) is 11.3. The van der Waals surface area contributed by atoms with Gasteiger partial charge in [0.15, 0.2) is 0 Å². The van der Waals surface area contributed by atoms with E-state index in [9.17, 15) is 8.42 Å². The van der Waals surface area contributed by atoms with Gasteiger partial charge >= 0.3 is 0 Å². The van der Waals surface area contributed by atoms with Crippen molar-refractivity contribution in [1.82, 2.24) is 4.72 Å². The quantitative estimate of drug-likeness (QED) is 0.859. The first-order valence-corrected chi connectivity index (χ1v) is 8.77. The van der Waals surface area contributed by atoms with Gasteiger partial charge in [-0.25, -0.2) is 13.1 Å². The van der Waals surface area contributed by atoms with Crippen LogP contribution in [0.2, 0.25) is 0 Å². The third kappa shape index (κ3) is 3.46. The van der Waals surface area contributed by atoms with E-state index in [0.29, 0.717) is 4.88 Å². The number of aryl methyl sites for hydroxylation is 1. The fourth-order valence-electron chi connectivity index (χ4n) is 1.87. The Morgan fingerprint density at radius 1 is 1.15 bits per heavy atom. The molecular weight excluding hydrogens is 292 g/mol. The summed E-state index contributed by atoms with van der Waals surface area (Å²) in [6.45, 7) is 2.61. The van der Waals surface area contributed by atoms with Crippen molar-refractivity contribution >= 4 is 21.4 Å². The predicted molar refractivity (Wildman–Crippen MR) is 82.1 cm³/mol. The van der Waals surface area contributed by atoms with Gasteiger partial charge in [-0.3, -0.25) is 0 Å². The molecule has 0 unspecified atom stereocenters. The molecule has 0 atom stereocenters.